The molecule has 0 atom stereocenters. The molecular weight excluding hydrogens is 361 g/mol. The maximum absolute atomic E-state index is 12.4. The van der Waals surface area contributed by atoms with Crippen molar-refractivity contribution in [1.29, 1.82) is 0 Å². The summed E-state index contributed by atoms with van der Waals surface area (Å²) >= 11 is 0. The third kappa shape index (κ3) is 4.55. The molecule has 1 fully saturated rings. The average molecular weight is 382 g/mol. The summed E-state index contributed by atoms with van der Waals surface area (Å²) in [4.78, 5) is 23.8. The number of hydrogen-bond donors (Lipinski definition) is 0. The highest BCUT2D eigenvalue weighted by Crippen LogP contribution is 2.22. The van der Waals surface area contributed by atoms with Crippen LogP contribution < -0.4 is 4.90 Å². The van der Waals surface area contributed by atoms with Gasteiger partial charge in [0.25, 0.3) is 0 Å². The molecule has 7 nitrogen and oxygen atoms in total. The van der Waals surface area contributed by atoms with Gasteiger partial charge >= 0.3 is 6.18 Å². The maximum Gasteiger partial charge on any atom is 0.397 e. The van der Waals surface area contributed by atoms with E-state index in [9.17, 15) is 18.0 Å². The summed E-state index contributed by atoms with van der Waals surface area (Å²) < 4.78 is 38.9. The lowest BCUT2D eigenvalue weighted by molar-refractivity contribution is -0.161. The largest absolute Gasteiger partial charge is 0.397 e. The number of halogens is 3. The zero-order valence-electron chi connectivity index (χ0n) is 15.4. The van der Waals surface area contributed by atoms with Gasteiger partial charge in [-0.15, -0.1) is 0 Å². The van der Waals surface area contributed by atoms with Crippen molar-refractivity contribution in [2.75, 3.05) is 31.1 Å². The highest BCUT2D eigenvalue weighted by atomic mass is 19.4. The van der Waals surface area contributed by atoms with Gasteiger partial charge in [-0.3, -0.25) is 4.79 Å². The predicted octanol–water partition coefficient (Wildman–Crippen LogP) is 2.19. The number of alkyl halides is 3. The fourth-order valence-corrected chi connectivity index (χ4v) is 3.14. The van der Waals surface area contributed by atoms with Crippen molar-refractivity contribution in [3.63, 3.8) is 0 Å². The van der Waals surface area contributed by atoms with Crippen LogP contribution >= 0.6 is 0 Å². The zero-order valence-corrected chi connectivity index (χ0v) is 15.4. The summed E-state index contributed by atoms with van der Waals surface area (Å²) in [6, 6.07) is 3.75. The number of piperazine rings is 1. The first-order valence-corrected chi connectivity index (χ1v) is 8.61. The van der Waals surface area contributed by atoms with Gasteiger partial charge in [0.2, 0.25) is 5.91 Å². The molecule has 1 aliphatic heterocycles. The minimum Gasteiger partial charge on any atom is -0.353 e. The van der Waals surface area contributed by atoms with Gasteiger partial charge in [0.05, 0.1) is 5.69 Å². The summed E-state index contributed by atoms with van der Waals surface area (Å²) in [6.45, 7) is 6.90. The highest BCUT2D eigenvalue weighted by Gasteiger charge is 2.34. The van der Waals surface area contributed by atoms with Gasteiger partial charge in [0, 0.05) is 37.9 Å². The molecule has 0 radical (unpaired) electrons. The van der Waals surface area contributed by atoms with Crippen molar-refractivity contribution < 1.29 is 18.0 Å². The van der Waals surface area contributed by atoms with Crippen LogP contribution in [0.2, 0.25) is 0 Å². The van der Waals surface area contributed by atoms with Crippen molar-refractivity contribution in [3.8, 4) is 5.82 Å². The molecule has 0 saturated carbocycles. The molecule has 1 saturated heterocycles. The zero-order chi connectivity index (χ0) is 19.8. The Labute approximate surface area is 154 Å². The SMILES string of the molecule is Cc1cc(C)n(-c2cc(N3CCN(C(=O)CC(F)(F)F)CC3)nc(C)n2)n1. The van der Waals surface area contributed by atoms with Gasteiger partial charge in [-0.1, -0.05) is 0 Å². The minimum absolute atomic E-state index is 0.229. The second-order valence-corrected chi connectivity index (χ2v) is 6.63. The van der Waals surface area contributed by atoms with Crippen LogP contribution in [-0.2, 0) is 4.79 Å². The van der Waals surface area contributed by atoms with E-state index in [0.717, 1.165) is 11.4 Å². The van der Waals surface area contributed by atoms with Crippen LogP contribution in [0.15, 0.2) is 12.1 Å². The number of hydrogen-bond acceptors (Lipinski definition) is 5. The van der Waals surface area contributed by atoms with Crippen LogP contribution in [0.4, 0.5) is 19.0 Å². The third-order valence-electron chi connectivity index (χ3n) is 4.35. The van der Waals surface area contributed by atoms with Crippen LogP contribution in [0.3, 0.4) is 0 Å². The molecule has 2 aromatic heterocycles. The number of carbonyl (C=O) groups excluding carboxylic acids is 1. The average Bonchev–Trinajstić information content (AvgIpc) is 2.91. The molecule has 0 N–H and O–H groups in total. The number of aromatic nitrogens is 4. The maximum atomic E-state index is 12.4. The Kier molecular flexibility index (Phi) is 5.07. The van der Waals surface area contributed by atoms with Crippen molar-refractivity contribution in [2.24, 2.45) is 0 Å². The molecule has 3 rings (SSSR count). The van der Waals surface area contributed by atoms with Gasteiger partial charge in [-0.25, -0.2) is 14.6 Å². The Morgan fingerprint density at radius 2 is 1.67 bits per heavy atom. The Balaban J connectivity index is 1.73. The van der Waals surface area contributed by atoms with E-state index in [1.165, 1.54) is 4.90 Å². The lowest BCUT2D eigenvalue weighted by atomic mass is 10.2. The Hall–Kier alpha value is -2.65. The predicted molar refractivity (Wildman–Crippen MR) is 92.8 cm³/mol. The van der Waals surface area contributed by atoms with E-state index in [-0.39, 0.29) is 13.1 Å². The van der Waals surface area contributed by atoms with Crippen LogP contribution in [0.1, 0.15) is 23.6 Å². The van der Waals surface area contributed by atoms with Crippen molar-refractivity contribution >= 4 is 11.7 Å². The van der Waals surface area contributed by atoms with Crippen LogP contribution in [0, 0.1) is 20.8 Å². The molecule has 10 heteroatoms. The third-order valence-corrected chi connectivity index (χ3v) is 4.35. The van der Waals surface area contributed by atoms with E-state index in [0.29, 0.717) is 30.5 Å². The van der Waals surface area contributed by atoms with Gasteiger partial charge in [0.15, 0.2) is 5.82 Å². The monoisotopic (exact) mass is 382 g/mol. The van der Waals surface area contributed by atoms with E-state index in [2.05, 4.69) is 15.1 Å². The minimum atomic E-state index is -4.48. The molecule has 0 bridgehead atoms. The Bertz CT molecular complexity index is 840. The second-order valence-electron chi connectivity index (χ2n) is 6.63. The molecule has 3 heterocycles. The summed E-state index contributed by atoms with van der Waals surface area (Å²) in [5.74, 6) is 1.00. The molecule has 2 aromatic rings. The first kappa shape index (κ1) is 19.1. The molecule has 146 valence electrons. The second kappa shape index (κ2) is 7.16. The normalized spacial score (nSPS) is 15.3. The number of aryl methyl sites for hydroxylation is 3. The number of anilines is 1. The van der Waals surface area contributed by atoms with E-state index < -0.39 is 18.5 Å². The number of nitrogens with zero attached hydrogens (tertiary/aromatic N) is 6. The molecule has 0 aliphatic carbocycles. The van der Waals surface area contributed by atoms with Crippen LogP contribution in [-0.4, -0.2) is 62.9 Å². The molecule has 0 aromatic carbocycles. The Morgan fingerprint density at radius 1 is 1.04 bits per heavy atom. The lowest BCUT2D eigenvalue weighted by Gasteiger charge is -2.35. The number of carbonyl (C=O) groups is 1. The Morgan fingerprint density at radius 3 is 2.22 bits per heavy atom. The van der Waals surface area contributed by atoms with Crippen molar-refractivity contribution in [2.45, 2.75) is 33.4 Å². The van der Waals surface area contributed by atoms with E-state index in [1.54, 1.807) is 17.7 Å². The molecular formula is C17H21F3N6O. The van der Waals surface area contributed by atoms with E-state index >= 15 is 0 Å². The van der Waals surface area contributed by atoms with Crippen molar-refractivity contribution in [1.82, 2.24) is 24.6 Å². The first-order chi connectivity index (χ1) is 12.6. The smallest absolute Gasteiger partial charge is 0.353 e. The molecule has 27 heavy (non-hydrogen) atoms. The standard InChI is InChI=1S/C17H21F3N6O/c1-11-8-12(2)26(23-11)15-9-14(21-13(3)22-15)24-4-6-25(7-5-24)16(27)10-17(18,19)20/h8-9H,4-7,10H2,1-3H3. The van der Waals surface area contributed by atoms with Crippen molar-refractivity contribution in [3.05, 3.63) is 29.3 Å². The number of amides is 1. The molecule has 1 aliphatic rings. The molecule has 0 unspecified atom stereocenters. The fourth-order valence-electron chi connectivity index (χ4n) is 3.14. The summed E-state index contributed by atoms with van der Waals surface area (Å²) in [5.41, 5.74) is 1.82. The summed E-state index contributed by atoms with van der Waals surface area (Å²) in [5, 5.41) is 4.43. The fraction of sp³-hybridized carbons (Fsp3) is 0.529. The quantitative estimate of drug-likeness (QED) is 0.814. The van der Waals surface area contributed by atoms with Gasteiger partial charge in [-0.05, 0) is 26.8 Å². The molecule has 1 amide bonds. The van der Waals surface area contributed by atoms with Gasteiger partial charge in [-0.2, -0.15) is 18.3 Å². The first-order valence-electron chi connectivity index (χ1n) is 8.61. The van der Waals surface area contributed by atoms with Crippen LogP contribution in [0.25, 0.3) is 5.82 Å². The van der Waals surface area contributed by atoms with E-state index in [4.69, 9.17) is 0 Å². The van der Waals surface area contributed by atoms with Gasteiger partial charge in [0.1, 0.15) is 18.1 Å². The highest BCUT2D eigenvalue weighted by molar-refractivity contribution is 5.77. The topological polar surface area (TPSA) is 67.2 Å². The lowest BCUT2D eigenvalue weighted by Crippen LogP contribution is -2.49. The molecule has 0 spiro atoms. The van der Waals surface area contributed by atoms with Crippen LogP contribution in [0.5, 0.6) is 0 Å². The van der Waals surface area contributed by atoms with Gasteiger partial charge < -0.3 is 9.80 Å². The summed E-state index contributed by atoms with van der Waals surface area (Å²) in [7, 11) is 0. The van der Waals surface area contributed by atoms with E-state index in [1.807, 2.05) is 24.8 Å². The number of rotatable bonds is 3. The summed E-state index contributed by atoms with van der Waals surface area (Å²) in [6.07, 6.45) is -5.89.